The molecule has 0 fully saturated rings. The lowest BCUT2D eigenvalue weighted by atomic mass is 9.66. The van der Waals surface area contributed by atoms with Gasteiger partial charge < -0.3 is 14.6 Å². The smallest absolute Gasteiger partial charge is 0.341 e. The Morgan fingerprint density at radius 3 is 2.49 bits per heavy atom. The molecule has 1 aliphatic rings. The van der Waals surface area contributed by atoms with Gasteiger partial charge in [-0.05, 0) is 78.8 Å². The number of hydrogen-bond donors (Lipinski definition) is 1. The molecule has 1 N–H and O–H groups in total. The Morgan fingerprint density at radius 1 is 1.06 bits per heavy atom. The number of aromatic nitrogens is 5. The minimum Gasteiger partial charge on any atom is -0.488 e. The number of ketones is 1. The van der Waals surface area contributed by atoms with Crippen LogP contribution in [-0.4, -0.2) is 73.8 Å². The fourth-order valence-corrected chi connectivity index (χ4v) is 8.53. The van der Waals surface area contributed by atoms with E-state index in [-0.39, 0.29) is 42.3 Å². The number of carboxylic acid groups (broad SMARTS) is 1. The van der Waals surface area contributed by atoms with Crippen LogP contribution in [0, 0.1) is 19.3 Å². The van der Waals surface area contributed by atoms with Crippen LogP contribution in [0.2, 0.25) is 0 Å². The molecule has 3 heterocycles. The van der Waals surface area contributed by atoms with Crippen LogP contribution >= 0.6 is 0 Å². The number of para-hydroxylation sites is 1. The topological polar surface area (TPSA) is 167 Å². The minimum atomic E-state index is -3.89. The summed E-state index contributed by atoms with van der Waals surface area (Å²) in [6.07, 6.45) is 3.24. The quantitative estimate of drug-likeness (QED) is 0.158. The Balaban J connectivity index is 1.41. The van der Waals surface area contributed by atoms with E-state index in [1.165, 1.54) is 16.7 Å². The molecule has 6 rings (SSSR count). The Hall–Kier alpha value is -5.21. The molecule has 1 aliphatic heterocycles. The molecule has 0 bridgehead atoms. The van der Waals surface area contributed by atoms with Gasteiger partial charge in [-0.3, -0.25) is 4.79 Å². The van der Waals surface area contributed by atoms with Gasteiger partial charge in [0.05, 0.1) is 12.1 Å². The van der Waals surface area contributed by atoms with E-state index in [4.69, 9.17) is 14.6 Å². The lowest BCUT2D eigenvalue weighted by Gasteiger charge is -2.35. The van der Waals surface area contributed by atoms with Crippen LogP contribution < -0.4 is 9.47 Å². The van der Waals surface area contributed by atoms with Crippen LogP contribution in [-0.2, 0) is 39.1 Å². The number of carboxylic acids is 1. The van der Waals surface area contributed by atoms with Gasteiger partial charge in [0.2, 0.25) is 10.0 Å². The normalized spacial score (nSPS) is 16.4. The van der Waals surface area contributed by atoms with Gasteiger partial charge in [-0.2, -0.15) is 4.31 Å². The molecule has 0 radical (unpaired) electrons. The van der Waals surface area contributed by atoms with Gasteiger partial charge in [0.1, 0.15) is 28.0 Å². The van der Waals surface area contributed by atoms with Crippen LogP contribution in [0.3, 0.4) is 0 Å². The van der Waals surface area contributed by atoms with Crippen molar-refractivity contribution < 1.29 is 32.6 Å². The number of sulfonamides is 1. The highest BCUT2D eigenvalue weighted by Gasteiger charge is 2.40. The first-order chi connectivity index (χ1) is 25.2. The molecule has 3 aromatic carbocycles. The standard InChI is InChI=1S/C39H44N6O7S/c1-7-29-22-44(53(49,50)33-12-10-9-11-32(33)52-29)21-28-18-27(14-13-24(28)3)36(30-15-16-31-37(25(30)4)42-43-45(31)8-2)39(5,6)34(46)17-26-19-40-38(41-20-26)51-23-35(47)48/h9-16,18-20,29,36H,7-8,17,21-23H2,1-6H3,(H,47,48)/t29-,36+/m1/s1. The van der Waals surface area contributed by atoms with E-state index in [9.17, 15) is 18.0 Å². The number of ether oxygens (including phenoxy) is 2. The molecule has 0 saturated carbocycles. The summed E-state index contributed by atoms with van der Waals surface area (Å²) >= 11 is 0. The number of benzene rings is 3. The molecule has 2 aromatic heterocycles. The molecule has 278 valence electrons. The maximum Gasteiger partial charge on any atom is 0.341 e. The zero-order valence-corrected chi connectivity index (χ0v) is 31.6. The lowest BCUT2D eigenvalue weighted by molar-refractivity contribution is -0.139. The first-order valence-corrected chi connectivity index (χ1v) is 19.0. The average Bonchev–Trinajstić information content (AvgIpc) is 3.52. The van der Waals surface area contributed by atoms with Crippen molar-refractivity contribution in [1.82, 2.24) is 29.3 Å². The molecule has 0 amide bonds. The Labute approximate surface area is 309 Å². The van der Waals surface area contributed by atoms with Crippen LogP contribution in [0.4, 0.5) is 0 Å². The highest BCUT2D eigenvalue weighted by atomic mass is 32.2. The van der Waals surface area contributed by atoms with Crippen LogP contribution in [0.5, 0.6) is 11.8 Å². The summed E-state index contributed by atoms with van der Waals surface area (Å²) in [5, 5.41) is 17.7. The molecule has 0 spiro atoms. The van der Waals surface area contributed by atoms with Crippen molar-refractivity contribution in [2.75, 3.05) is 13.2 Å². The molecule has 13 nitrogen and oxygen atoms in total. The third kappa shape index (κ3) is 7.51. The number of carbonyl (C=O) groups is 2. The van der Waals surface area contributed by atoms with Crippen molar-refractivity contribution >= 4 is 32.8 Å². The Bertz CT molecular complexity index is 2270. The second-order valence-electron chi connectivity index (χ2n) is 13.9. The SMILES string of the molecule is CC[C@@H]1CN(Cc2cc([C@@H](c3ccc4c(nnn4CC)c3C)C(C)(C)C(=O)Cc3cnc(OCC(=O)O)nc3)ccc2C)S(=O)(=O)c2ccccc2O1. The Morgan fingerprint density at radius 2 is 1.79 bits per heavy atom. The molecule has 53 heavy (non-hydrogen) atoms. The number of nitrogens with zero attached hydrogens (tertiary/aromatic N) is 6. The van der Waals surface area contributed by atoms with Crippen molar-refractivity contribution in [2.45, 2.75) is 84.4 Å². The van der Waals surface area contributed by atoms with Gasteiger partial charge in [-0.25, -0.2) is 27.9 Å². The van der Waals surface area contributed by atoms with Crippen LogP contribution in [0.15, 0.2) is 71.9 Å². The maximum atomic E-state index is 14.4. The average molecular weight is 741 g/mol. The molecule has 14 heteroatoms. The van der Waals surface area contributed by atoms with E-state index in [1.807, 2.05) is 76.6 Å². The molecular formula is C39H44N6O7S. The van der Waals surface area contributed by atoms with Crippen molar-refractivity contribution in [3.63, 3.8) is 0 Å². The monoisotopic (exact) mass is 740 g/mol. The van der Waals surface area contributed by atoms with Gasteiger partial charge in [0, 0.05) is 43.2 Å². The van der Waals surface area contributed by atoms with E-state index in [2.05, 4.69) is 20.3 Å². The molecule has 5 aromatic rings. The summed E-state index contributed by atoms with van der Waals surface area (Å²) in [5.41, 5.74) is 5.56. The number of rotatable bonds is 13. The van der Waals surface area contributed by atoms with Crippen molar-refractivity contribution in [3.05, 3.63) is 100 Å². The minimum absolute atomic E-state index is 0.0125. The number of Topliss-reactive ketones (excluding diaryl/α,β-unsaturated/α-hetero) is 1. The van der Waals surface area contributed by atoms with E-state index in [0.717, 1.165) is 38.9 Å². The fraction of sp³-hybridized carbons (Fsp3) is 0.385. The van der Waals surface area contributed by atoms with Crippen LogP contribution in [0.25, 0.3) is 11.0 Å². The first-order valence-electron chi connectivity index (χ1n) is 17.6. The van der Waals surface area contributed by atoms with Crippen molar-refractivity contribution in [1.29, 1.82) is 0 Å². The predicted molar refractivity (Wildman–Crippen MR) is 197 cm³/mol. The lowest BCUT2D eigenvalue weighted by Crippen LogP contribution is -2.37. The van der Waals surface area contributed by atoms with Gasteiger partial charge >= 0.3 is 12.0 Å². The third-order valence-corrected chi connectivity index (χ3v) is 11.9. The van der Waals surface area contributed by atoms with E-state index in [0.29, 0.717) is 24.3 Å². The Kier molecular flexibility index (Phi) is 10.6. The number of carbonyl (C=O) groups excluding carboxylic acids is 1. The summed E-state index contributed by atoms with van der Waals surface area (Å²) in [7, 11) is -3.89. The predicted octanol–water partition coefficient (Wildman–Crippen LogP) is 5.65. The van der Waals surface area contributed by atoms with Gasteiger partial charge in [-0.15, -0.1) is 5.10 Å². The van der Waals surface area contributed by atoms with Gasteiger partial charge in [-0.1, -0.05) is 62.4 Å². The zero-order chi connectivity index (χ0) is 38.1. The third-order valence-electron chi connectivity index (χ3n) is 10.1. The first kappa shape index (κ1) is 37.5. The van der Waals surface area contributed by atoms with E-state index in [1.54, 1.807) is 24.3 Å². The molecule has 2 atom stereocenters. The van der Waals surface area contributed by atoms with Crippen LogP contribution in [0.1, 0.15) is 73.4 Å². The largest absolute Gasteiger partial charge is 0.488 e. The number of fused-ring (bicyclic) bond motifs is 2. The second-order valence-corrected chi connectivity index (χ2v) is 15.8. The molecule has 0 aliphatic carbocycles. The zero-order valence-electron chi connectivity index (χ0n) is 30.7. The fourth-order valence-electron chi connectivity index (χ4n) is 6.96. The second kappa shape index (κ2) is 15.0. The highest BCUT2D eigenvalue weighted by molar-refractivity contribution is 7.89. The highest BCUT2D eigenvalue weighted by Crippen LogP contribution is 2.45. The van der Waals surface area contributed by atoms with Crippen molar-refractivity contribution in [3.8, 4) is 11.8 Å². The van der Waals surface area contributed by atoms with E-state index >= 15 is 0 Å². The van der Waals surface area contributed by atoms with Crippen molar-refractivity contribution in [2.24, 2.45) is 5.41 Å². The number of aliphatic carboxylic acids is 1. The summed E-state index contributed by atoms with van der Waals surface area (Å²) in [4.78, 5) is 33.7. The summed E-state index contributed by atoms with van der Waals surface area (Å²) < 4.78 is 42.7. The van der Waals surface area contributed by atoms with E-state index < -0.39 is 33.9 Å². The summed E-state index contributed by atoms with van der Waals surface area (Å²) in [6.45, 7) is 12.1. The molecule has 0 unspecified atom stereocenters. The summed E-state index contributed by atoms with van der Waals surface area (Å²) in [5.74, 6) is -1.36. The number of aryl methyl sites for hydroxylation is 3. The molecule has 0 saturated heterocycles. The van der Waals surface area contributed by atoms with Gasteiger partial charge in [0.15, 0.2) is 6.61 Å². The maximum absolute atomic E-state index is 14.4. The van der Waals surface area contributed by atoms with Gasteiger partial charge in [0.25, 0.3) is 0 Å². The molecular weight excluding hydrogens is 697 g/mol. The summed E-state index contributed by atoms with van der Waals surface area (Å²) in [6, 6.07) is 16.7. The number of hydrogen-bond acceptors (Lipinski definition) is 10.